The van der Waals surface area contributed by atoms with Gasteiger partial charge in [-0.1, -0.05) is 40.5 Å². The molecule has 0 N–H and O–H groups in total. The number of ether oxygens (including phenoxy) is 1. The van der Waals surface area contributed by atoms with Gasteiger partial charge in [-0.15, -0.1) is 0 Å². The summed E-state index contributed by atoms with van der Waals surface area (Å²) < 4.78 is 5.55. The molecule has 0 aliphatic rings. The van der Waals surface area contributed by atoms with E-state index in [1.807, 2.05) is 12.1 Å². The van der Waals surface area contributed by atoms with Gasteiger partial charge in [-0.25, -0.2) is 0 Å². The molecule has 3 heteroatoms. The number of halogens is 1. The topological polar surface area (TPSA) is 9.23 Å². The molecule has 13 heavy (non-hydrogen) atoms. The highest BCUT2D eigenvalue weighted by molar-refractivity contribution is 9.36. The molecule has 1 atom stereocenters. The molecule has 1 unspecified atom stereocenters. The van der Waals surface area contributed by atoms with Gasteiger partial charge in [0.25, 0.3) is 0 Å². The second-order valence-electron chi connectivity index (χ2n) is 2.90. The van der Waals surface area contributed by atoms with Crippen LogP contribution in [0.2, 0.25) is 0 Å². The monoisotopic (exact) mass is 260 g/mol. The summed E-state index contributed by atoms with van der Waals surface area (Å²) in [4.78, 5) is 0. The number of hydrogen-bond acceptors (Lipinski definition) is 1. The summed E-state index contributed by atoms with van der Waals surface area (Å²) in [6, 6.07) is 8.18. The summed E-state index contributed by atoms with van der Waals surface area (Å²) >= 11 is 3.42. The smallest absolute Gasteiger partial charge is 0.119 e. The van der Waals surface area contributed by atoms with Gasteiger partial charge in [0, 0.05) is 0 Å². The summed E-state index contributed by atoms with van der Waals surface area (Å²) in [6.45, 7) is 2.90. The molecule has 0 aliphatic carbocycles. The Morgan fingerprint density at radius 3 is 2.62 bits per heavy atom. The van der Waals surface area contributed by atoms with Crippen LogP contribution in [0.5, 0.6) is 5.75 Å². The highest BCUT2D eigenvalue weighted by atomic mass is 79.9. The molecule has 0 radical (unpaired) electrons. The minimum Gasteiger partial charge on any atom is -0.494 e. The molecular weight excluding hydrogens is 247 g/mol. The van der Waals surface area contributed by atoms with Crippen molar-refractivity contribution in [2.24, 2.45) is 0 Å². The van der Waals surface area contributed by atoms with Crippen molar-refractivity contribution in [3.8, 4) is 5.75 Å². The SMILES string of the molecule is Cc1ccc(OCCCPBr)cc1. The van der Waals surface area contributed by atoms with E-state index in [0.29, 0.717) is 0 Å². The zero-order valence-electron chi connectivity index (χ0n) is 7.72. The van der Waals surface area contributed by atoms with Crippen molar-refractivity contribution in [3.63, 3.8) is 0 Å². The second kappa shape index (κ2) is 6.39. The molecule has 1 rings (SSSR count). The van der Waals surface area contributed by atoms with Gasteiger partial charge >= 0.3 is 0 Å². The molecule has 0 spiro atoms. The first-order valence-corrected chi connectivity index (χ1v) is 7.82. The third-order valence-electron chi connectivity index (χ3n) is 1.71. The van der Waals surface area contributed by atoms with E-state index in [4.69, 9.17) is 4.74 Å². The number of aryl methyl sites for hydroxylation is 1. The Hall–Kier alpha value is -0.0700. The zero-order chi connectivity index (χ0) is 9.52. The molecule has 1 aromatic rings. The molecule has 0 bridgehead atoms. The van der Waals surface area contributed by atoms with Crippen molar-refractivity contribution in [2.45, 2.75) is 13.3 Å². The van der Waals surface area contributed by atoms with Crippen LogP contribution in [-0.2, 0) is 0 Å². The Bertz CT molecular complexity index is 235. The van der Waals surface area contributed by atoms with Crippen LogP contribution in [-0.4, -0.2) is 12.8 Å². The molecule has 0 heterocycles. The minimum absolute atomic E-state index is 0.821. The largest absolute Gasteiger partial charge is 0.494 e. The van der Waals surface area contributed by atoms with Gasteiger partial charge in [0.2, 0.25) is 0 Å². The molecule has 72 valence electrons. The van der Waals surface area contributed by atoms with Gasteiger partial charge in [-0.2, -0.15) is 0 Å². The van der Waals surface area contributed by atoms with Crippen LogP contribution in [0.4, 0.5) is 0 Å². The van der Waals surface area contributed by atoms with Crippen LogP contribution in [0.25, 0.3) is 0 Å². The van der Waals surface area contributed by atoms with Gasteiger partial charge in [-0.3, -0.25) is 0 Å². The maximum Gasteiger partial charge on any atom is 0.119 e. The lowest BCUT2D eigenvalue weighted by molar-refractivity contribution is 0.318. The molecule has 1 nitrogen and oxygen atoms in total. The van der Waals surface area contributed by atoms with E-state index in [0.717, 1.165) is 26.1 Å². The molecule has 0 amide bonds. The summed E-state index contributed by atoms with van der Waals surface area (Å²) in [5, 5.41) is 0. The number of hydrogen-bond donors (Lipinski definition) is 0. The maximum atomic E-state index is 5.55. The van der Waals surface area contributed by atoms with Gasteiger partial charge in [-0.05, 0) is 31.6 Å². The van der Waals surface area contributed by atoms with E-state index in [9.17, 15) is 0 Å². The van der Waals surface area contributed by atoms with Crippen molar-refractivity contribution >= 4 is 22.8 Å². The predicted molar refractivity (Wildman–Crippen MR) is 63.4 cm³/mol. The fourth-order valence-electron chi connectivity index (χ4n) is 0.963. The third kappa shape index (κ3) is 4.64. The van der Waals surface area contributed by atoms with Crippen molar-refractivity contribution in [1.82, 2.24) is 0 Å². The van der Waals surface area contributed by atoms with Gasteiger partial charge < -0.3 is 4.74 Å². The summed E-state index contributed by atoms with van der Waals surface area (Å²) in [7, 11) is 0.856. The first-order valence-electron chi connectivity index (χ1n) is 4.36. The third-order valence-corrected chi connectivity index (χ3v) is 3.44. The van der Waals surface area contributed by atoms with Crippen molar-refractivity contribution in [3.05, 3.63) is 29.8 Å². The van der Waals surface area contributed by atoms with Gasteiger partial charge in [0.05, 0.1) is 6.61 Å². The van der Waals surface area contributed by atoms with Crippen LogP contribution in [0.3, 0.4) is 0 Å². The van der Waals surface area contributed by atoms with Crippen molar-refractivity contribution in [2.75, 3.05) is 12.8 Å². The first-order chi connectivity index (χ1) is 6.33. The van der Waals surface area contributed by atoms with Crippen molar-refractivity contribution < 1.29 is 4.74 Å². The zero-order valence-corrected chi connectivity index (χ0v) is 10.3. The lowest BCUT2D eigenvalue weighted by Gasteiger charge is -2.04. The minimum atomic E-state index is 0.821. The lowest BCUT2D eigenvalue weighted by atomic mass is 10.2. The Morgan fingerprint density at radius 2 is 2.00 bits per heavy atom. The van der Waals surface area contributed by atoms with E-state index in [1.165, 1.54) is 11.7 Å². The predicted octanol–water partition coefficient (Wildman–Crippen LogP) is 3.75. The van der Waals surface area contributed by atoms with Gasteiger partial charge in [0.1, 0.15) is 5.75 Å². The highest BCUT2D eigenvalue weighted by Gasteiger charge is 1.92. The summed E-state index contributed by atoms with van der Waals surface area (Å²) in [5.74, 6) is 0.975. The van der Waals surface area contributed by atoms with Crippen LogP contribution in [0.1, 0.15) is 12.0 Å². The maximum absolute atomic E-state index is 5.55. The van der Waals surface area contributed by atoms with Crippen LogP contribution in [0.15, 0.2) is 24.3 Å². The Morgan fingerprint density at radius 1 is 1.31 bits per heavy atom. The first kappa shape index (κ1) is 11.0. The molecular formula is C10H14BrOP. The average Bonchev–Trinajstić information content (AvgIpc) is 2.15. The standard InChI is InChI=1S/C10H14BrOP/c1-9-3-5-10(6-4-9)12-7-2-8-13-11/h3-6,13H,2,7-8H2,1H3. The molecule has 0 saturated heterocycles. The average molecular weight is 261 g/mol. The molecule has 1 aromatic carbocycles. The molecule has 0 aliphatic heterocycles. The van der Waals surface area contributed by atoms with E-state index in [-0.39, 0.29) is 0 Å². The quantitative estimate of drug-likeness (QED) is 0.579. The lowest BCUT2D eigenvalue weighted by Crippen LogP contribution is -1.97. The Labute approximate surface area is 89.4 Å². The number of rotatable bonds is 5. The van der Waals surface area contributed by atoms with Crippen LogP contribution in [0, 0.1) is 6.92 Å². The second-order valence-corrected chi connectivity index (χ2v) is 5.35. The summed E-state index contributed by atoms with van der Waals surface area (Å²) in [6.07, 6.45) is 2.32. The van der Waals surface area contributed by atoms with Crippen LogP contribution < -0.4 is 4.74 Å². The Kier molecular flexibility index (Phi) is 5.41. The normalized spacial score (nSPS) is 10.9. The molecule has 0 fully saturated rings. The van der Waals surface area contributed by atoms with E-state index < -0.39 is 0 Å². The summed E-state index contributed by atoms with van der Waals surface area (Å²) in [5.41, 5.74) is 1.27. The van der Waals surface area contributed by atoms with Crippen LogP contribution >= 0.6 is 22.8 Å². The van der Waals surface area contributed by atoms with Crippen molar-refractivity contribution in [1.29, 1.82) is 0 Å². The fourth-order valence-corrected chi connectivity index (χ4v) is 2.08. The van der Waals surface area contributed by atoms with E-state index >= 15 is 0 Å². The molecule has 0 saturated carbocycles. The van der Waals surface area contributed by atoms with Gasteiger partial charge in [0.15, 0.2) is 0 Å². The van der Waals surface area contributed by atoms with E-state index in [2.05, 4.69) is 34.5 Å². The Balaban J connectivity index is 2.25. The number of benzene rings is 1. The highest BCUT2D eigenvalue weighted by Crippen LogP contribution is 2.20. The fraction of sp³-hybridized carbons (Fsp3) is 0.400. The molecule has 0 aromatic heterocycles. The van der Waals surface area contributed by atoms with E-state index in [1.54, 1.807) is 0 Å².